The Kier molecular flexibility index (Phi) is 3.77. The maximum Gasteiger partial charge on any atom is 0.334 e. The molecule has 1 aliphatic rings. The molecule has 3 aromatic carbocycles. The summed E-state index contributed by atoms with van der Waals surface area (Å²) in [6.45, 7) is 0.313. The summed E-state index contributed by atoms with van der Waals surface area (Å²) in [4.78, 5) is 40.5. The van der Waals surface area contributed by atoms with Crippen LogP contribution in [0.2, 0.25) is 0 Å². The van der Waals surface area contributed by atoms with Crippen LogP contribution in [0, 0.1) is 0 Å². The molecule has 0 N–H and O–H groups in total. The largest absolute Gasteiger partial charge is 0.334 e. The third kappa shape index (κ3) is 2.45. The quantitative estimate of drug-likeness (QED) is 0.666. The van der Waals surface area contributed by atoms with Crippen molar-refractivity contribution in [3.05, 3.63) is 83.4 Å². The predicted octanol–water partition coefficient (Wildman–Crippen LogP) is 3.69. The lowest BCUT2D eigenvalue weighted by Crippen LogP contribution is -2.44. The number of imide groups is 3. The van der Waals surface area contributed by atoms with Gasteiger partial charge in [0.1, 0.15) is 0 Å². The van der Waals surface area contributed by atoms with Crippen LogP contribution in [0.4, 0.5) is 4.79 Å². The predicted molar refractivity (Wildman–Crippen MR) is 97.8 cm³/mol. The lowest BCUT2D eigenvalue weighted by molar-refractivity contribution is 0.0671. The fraction of sp³-hybridized carbons (Fsp3) is 0.0952. The Morgan fingerprint density at radius 1 is 0.885 bits per heavy atom. The highest BCUT2D eigenvalue weighted by Gasteiger charge is 2.42. The van der Waals surface area contributed by atoms with Crippen molar-refractivity contribution in [2.24, 2.45) is 0 Å². The Hall–Kier alpha value is -3.47. The molecule has 3 aromatic rings. The van der Waals surface area contributed by atoms with Crippen LogP contribution in [0.3, 0.4) is 0 Å². The number of hydrogen-bond donors (Lipinski definition) is 0. The molecule has 5 nitrogen and oxygen atoms in total. The number of fused-ring (bicyclic) bond motifs is 3. The molecule has 0 bridgehead atoms. The Labute approximate surface area is 150 Å². The minimum atomic E-state index is -0.621. The van der Waals surface area contributed by atoms with Crippen LogP contribution in [0.1, 0.15) is 26.3 Å². The van der Waals surface area contributed by atoms with E-state index < -0.39 is 17.8 Å². The molecular weight excluding hydrogens is 328 g/mol. The van der Waals surface area contributed by atoms with Gasteiger partial charge in [0, 0.05) is 13.6 Å². The first-order chi connectivity index (χ1) is 12.6. The van der Waals surface area contributed by atoms with E-state index in [0.29, 0.717) is 17.5 Å². The monoisotopic (exact) mass is 344 g/mol. The van der Waals surface area contributed by atoms with Crippen molar-refractivity contribution in [1.82, 2.24) is 9.80 Å². The number of hydrogen-bond acceptors (Lipinski definition) is 3. The van der Waals surface area contributed by atoms with Crippen molar-refractivity contribution >= 4 is 28.6 Å². The summed E-state index contributed by atoms with van der Waals surface area (Å²) in [5.74, 6) is -1.13. The highest BCUT2D eigenvalue weighted by Crippen LogP contribution is 2.30. The first-order valence-corrected chi connectivity index (χ1v) is 8.27. The van der Waals surface area contributed by atoms with Crippen molar-refractivity contribution < 1.29 is 14.4 Å². The van der Waals surface area contributed by atoms with Crippen LogP contribution < -0.4 is 0 Å². The van der Waals surface area contributed by atoms with Gasteiger partial charge in [-0.15, -0.1) is 0 Å². The van der Waals surface area contributed by atoms with Crippen LogP contribution in [0.25, 0.3) is 10.8 Å². The van der Waals surface area contributed by atoms with Gasteiger partial charge in [-0.05, 0) is 22.4 Å². The van der Waals surface area contributed by atoms with Gasteiger partial charge in [-0.3, -0.25) is 9.59 Å². The average molecular weight is 344 g/mol. The van der Waals surface area contributed by atoms with Crippen LogP contribution in [-0.4, -0.2) is 34.7 Å². The van der Waals surface area contributed by atoms with E-state index in [2.05, 4.69) is 0 Å². The molecule has 0 atom stereocenters. The summed E-state index contributed by atoms with van der Waals surface area (Å²) in [7, 11) is 1.58. The number of benzene rings is 3. The minimum absolute atomic E-state index is 0.273. The van der Waals surface area contributed by atoms with Gasteiger partial charge >= 0.3 is 6.03 Å². The molecule has 5 heteroatoms. The fourth-order valence-corrected chi connectivity index (χ4v) is 3.27. The molecule has 0 saturated heterocycles. The molecule has 1 aliphatic heterocycles. The molecule has 0 unspecified atom stereocenters. The zero-order valence-electron chi connectivity index (χ0n) is 14.2. The van der Waals surface area contributed by atoms with E-state index in [9.17, 15) is 14.4 Å². The van der Waals surface area contributed by atoms with E-state index in [-0.39, 0.29) is 5.56 Å². The van der Waals surface area contributed by atoms with Gasteiger partial charge < -0.3 is 4.90 Å². The van der Waals surface area contributed by atoms with Gasteiger partial charge in [-0.25, -0.2) is 4.79 Å². The van der Waals surface area contributed by atoms with E-state index in [1.807, 2.05) is 48.5 Å². The number of urea groups is 1. The van der Waals surface area contributed by atoms with E-state index >= 15 is 0 Å². The SMILES string of the molecule is CN(Cc1ccccc1)C(=O)N1C(=O)c2ccc3ccccc3c2C1=O. The van der Waals surface area contributed by atoms with Crippen molar-refractivity contribution in [3.8, 4) is 0 Å². The van der Waals surface area contributed by atoms with Crippen LogP contribution in [0.15, 0.2) is 66.7 Å². The van der Waals surface area contributed by atoms with Gasteiger partial charge in [0.25, 0.3) is 11.8 Å². The number of carbonyl (C=O) groups is 3. The summed E-state index contributed by atoms with van der Waals surface area (Å²) in [6, 6.07) is 19.6. The third-order valence-electron chi connectivity index (χ3n) is 4.56. The maximum atomic E-state index is 12.9. The molecule has 128 valence electrons. The molecule has 1 heterocycles. The fourth-order valence-electron chi connectivity index (χ4n) is 3.27. The summed E-state index contributed by atoms with van der Waals surface area (Å²) >= 11 is 0. The third-order valence-corrected chi connectivity index (χ3v) is 4.56. The summed E-state index contributed by atoms with van der Waals surface area (Å²) in [5.41, 5.74) is 1.50. The van der Waals surface area contributed by atoms with E-state index in [1.165, 1.54) is 4.90 Å². The van der Waals surface area contributed by atoms with Crippen LogP contribution >= 0.6 is 0 Å². The topological polar surface area (TPSA) is 57.7 Å². The number of amides is 4. The molecule has 0 spiro atoms. The average Bonchev–Trinajstić information content (AvgIpc) is 2.92. The molecule has 0 radical (unpaired) electrons. The van der Waals surface area contributed by atoms with Gasteiger partial charge in [0.15, 0.2) is 0 Å². The van der Waals surface area contributed by atoms with Gasteiger partial charge in [-0.2, -0.15) is 4.90 Å². The second-order valence-electron chi connectivity index (χ2n) is 6.28. The maximum absolute atomic E-state index is 12.9. The standard InChI is InChI=1S/C21H16N2O3/c1-22(13-14-7-3-2-4-8-14)21(26)23-19(24)17-12-11-15-9-5-6-10-16(15)18(17)20(23)25/h2-12H,13H2,1H3. The lowest BCUT2D eigenvalue weighted by atomic mass is 10.0. The first kappa shape index (κ1) is 16.0. The molecule has 4 amide bonds. The van der Waals surface area contributed by atoms with Crippen LogP contribution in [-0.2, 0) is 6.54 Å². The van der Waals surface area contributed by atoms with Crippen LogP contribution in [0.5, 0.6) is 0 Å². The Balaban J connectivity index is 1.67. The first-order valence-electron chi connectivity index (χ1n) is 8.27. The second-order valence-corrected chi connectivity index (χ2v) is 6.28. The van der Waals surface area contributed by atoms with E-state index in [4.69, 9.17) is 0 Å². The summed E-state index contributed by atoms with van der Waals surface area (Å²) in [6.07, 6.45) is 0. The van der Waals surface area contributed by atoms with Crippen molar-refractivity contribution in [3.63, 3.8) is 0 Å². The zero-order valence-corrected chi connectivity index (χ0v) is 14.2. The molecule has 0 aromatic heterocycles. The smallest absolute Gasteiger partial charge is 0.323 e. The Morgan fingerprint density at radius 3 is 2.35 bits per heavy atom. The second kappa shape index (κ2) is 6.11. The van der Waals surface area contributed by atoms with Crippen molar-refractivity contribution in [1.29, 1.82) is 0 Å². The van der Waals surface area contributed by atoms with Gasteiger partial charge in [-0.1, -0.05) is 60.7 Å². The molecule has 0 saturated carbocycles. The molecule has 0 fully saturated rings. The molecule has 4 rings (SSSR count). The van der Waals surface area contributed by atoms with E-state index in [1.54, 1.807) is 25.2 Å². The highest BCUT2D eigenvalue weighted by molar-refractivity contribution is 6.32. The zero-order chi connectivity index (χ0) is 18.3. The normalized spacial score (nSPS) is 13.2. The van der Waals surface area contributed by atoms with Gasteiger partial charge in [0.05, 0.1) is 11.1 Å². The molecule has 0 aliphatic carbocycles. The molecular formula is C21H16N2O3. The lowest BCUT2D eigenvalue weighted by Gasteiger charge is -2.22. The molecule has 26 heavy (non-hydrogen) atoms. The highest BCUT2D eigenvalue weighted by atomic mass is 16.2. The number of rotatable bonds is 2. The Morgan fingerprint density at radius 2 is 1.58 bits per heavy atom. The van der Waals surface area contributed by atoms with E-state index in [0.717, 1.165) is 15.8 Å². The summed E-state index contributed by atoms with van der Waals surface area (Å²) < 4.78 is 0. The van der Waals surface area contributed by atoms with Crippen molar-refractivity contribution in [2.75, 3.05) is 7.05 Å². The number of nitrogens with zero attached hydrogens (tertiary/aromatic N) is 2. The van der Waals surface area contributed by atoms with Crippen molar-refractivity contribution in [2.45, 2.75) is 6.54 Å². The summed E-state index contributed by atoms with van der Waals surface area (Å²) in [5, 5.41) is 1.55. The number of carbonyl (C=O) groups excluding carboxylic acids is 3. The minimum Gasteiger partial charge on any atom is -0.323 e. The Bertz CT molecular complexity index is 1040. The van der Waals surface area contributed by atoms with Gasteiger partial charge in [0.2, 0.25) is 0 Å².